The zero-order chi connectivity index (χ0) is 21.2. The van der Waals surface area contributed by atoms with Crippen molar-refractivity contribution in [2.24, 2.45) is 0 Å². The lowest BCUT2D eigenvalue weighted by Crippen LogP contribution is -1.84. The first-order chi connectivity index (χ1) is 15.0. The summed E-state index contributed by atoms with van der Waals surface area (Å²) < 4.78 is 0. The Kier molecular flexibility index (Phi) is 21.8. The van der Waals surface area contributed by atoms with Crippen molar-refractivity contribution in [2.75, 3.05) is 0 Å². The first-order valence-corrected chi connectivity index (χ1v) is 13.6. The van der Waals surface area contributed by atoms with E-state index in [0.29, 0.717) is 0 Å². The Hall–Kier alpha value is -1.04. The van der Waals surface area contributed by atoms with E-state index in [-0.39, 0.29) is 0 Å². The van der Waals surface area contributed by atoms with Gasteiger partial charge in [0.05, 0.1) is 0 Å². The molecule has 172 valence electrons. The second kappa shape index (κ2) is 24.2. The molecule has 0 atom stereocenters. The third-order valence-corrected chi connectivity index (χ3v) is 6.32. The van der Waals surface area contributed by atoms with Gasteiger partial charge in [-0.15, -0.1) is 0 Å². The molecule has 0 aromatic carbocycles. The molecule has 0 N–H and O–H groups in total. The van der Waals surface area contributed by atoms with E-state index in [2.05, 4.69) is 48.6 Å². The van der Waals surface area contributed by atoms with Crippen LogP contribution in [0, 0.1) is 0 Å². The number of allylic oxidation sites excluding steroid dienone is 8. The lowest BCUT2D eigenvalue weighted by Gasteiger charge is -2.04. The Balaban J connectivity index is 2.15. The van der Waals surface area contributed by atoms with Crippen LogP contribution >= 0.6 is 0 Å². The van der Waals surface area contributed by atoms with Crippen molar-refractivity contribution in [1.82, 2.24) is 0 Å². The van der Waals surface area contributed by atoms with Gasteiger partial charge in [0.25, 0.3) is 0 Å². The highest BCUT2D eigenvalue weighted by molar-refractivity contribution is 5.15. The van der Waals surface area contributed by atoms with Gasteiger partial charge in [-0.25, -0.2) is 0 Å². The molecule has 0 heterocycles. The predicted octanol–water partition coefficient (Wildman–Crippen LogP) is 10.8. The standard InChI is InChI=1S/C30H52/c1-2-4-6-8-10-12-14-16-18-20-22-24-26-28-30-29-27-25-23-21-19-17-15-13-11-9-7-5-3-1/h1-8H,9-30H2/b3-1-,4-2+,7-5+,8-6?. The lowest BCUT2D eigenvalue weighted by molar-refractivity contribution is 0.521. The molecule has 0 unspecified atom stereocenters. The van der Waals surface area contributed by atoms with E-state index in [1.54, 1.807) is 0 Å². The lowest BCUT2D eigenvalue weighted by atomic mass is 10.0. The van der Waals surface area contributed by atoms with Gasteiger partial charge in [0.15, 0.2) is 0 Å². The molecule has 30 heavy (non-hydrogen) atoms. The molecule has 0 aromatic rings. The summed E-state index contributed by atoms with van der Waals surface area (Å²) >= 11 is 0. The molecule has 0 amide bonds. The van der Waals surface area contributed by atoms with E-state index in [0.717, 1.165) is 0 Å². The topological polar surface area (TPSA) is 0 Å². The monoisotopic (exact) mass is 412 g/mol. The molecule has 0 aliphatic heterocycles. The van der Waals surface area contributed by atoms with Gasteiger partial charge < -0.3 is 0 Å². The van der Waals surface area contributed by atoms with Gasteiger partial charge in [0.1, 0.15) is 0 Å². The average molecular weight is 413 g/mol. The second-order valence-corrected chi connectivity index (χ2v) is 9.27. The van der Waals surface area contributed by atoms with Gasteiger partial charge in [0, 0.05) is 0 Å². The minimum absolute atomic E-state index is 1.23. The van der Waals surface area contributed by atoms with Crippen molar-refractivity contribution in [3.63, 3.8) is 0 Å². The molecule has 0 heteroatoms. The largest absolute Gasteiger partial charge is 0.0845 e. The maximum absolute atomic E-state index is 2.32. The minimum atomic E-state index is 1.23. The summed E-state index contributed by atoms with van der Waals surface area (Å²) in [6.45, 7) is 0. The fraction of sp³-hybridized carbons (Fsp3) is 0.733. The zero-order valence-electron chi connectivity index (χ0n) is 20.2. The van der Waals surface area contributed by atoms with Crippen molar-refractivity contribution in [2.45, 2.75) is 141 Å². The van der Waals surface area contributed by atoms with E-state index in [9.17, 15) is 0 Å². The van der Waals surface area contributed by atoms with Crippen LogP contribution in [0.3, 0.4) is 0 Å². The van der Waals surface area contributed by atoms with Crippen LogP contribution in [-0.2, 0) is 0 Å². The molecule has 1 aliphatic rings. The summed E-state index contributed by atoms with van der Waals surface area (Å²) in [7, 11) is 0. The summed E-state index contributed by atoms with van der Waals surface area (Å²) in [5, 5.41) is 0. The Morgan fingerprint density at radius 3 is 0.667 bits per heavy atom. The van der Waals surface area contributed by atoms with Gasteiger partial charge in [-0.1, -0.05) is 164 Å². The smallest absolute Gasteiger partial charge is 0.0348 e. The molecular formula is C30H52. The predicted molar refractivity (Wildman–Crippen MR) is 138 cm³/mol. The highest BCUT2D eigenvalue weighted by atomic mass is 14.0. The van der Waals surface area contributed by atoms with Gasteiger partial charge in [-0.05, 0) is 25.7 Å². The third kappa shape index (κ3) is 21.7. The van der Waals surface area contributed by atoms with E-state index in [1.165, 1.54) is 141 Å². The molecule has 1 aliphatic carbocycles. The fourth-order valence-corrected chi connectivity index (χ4v) is 4.31. The van der Waals surface area contributed by atoms with Crippen LogP contribution in [0.4, 0.5) is 0 Å². The summed E-state index contributed by atoms with van der Waals surface area (Å²) in [5.41, 5.74) is 0. The molecule has 1 rings (SSSR count). The van der Waals surface area contributed by atoms with Crippen molar-refractivity contribution in [3.8, 4) is 0 Å². The van der Waals surface area contributed by atoms with Crippen LogP contribution < -0.4 is 0 Å². The maximum Gasteiger partial charge on any atom is -0.0348 e. The maximum atomic E-state index is 2.32. The first-order valence-electron chi connectivity index (χ1n) is 13.6. The van der Waals surface area contributed by atoms with Crippen LogP contribution in [0.1, 0.15) is 141 Å². The fourth-order valence-electron chi connectivity index (χ4n) is 4.31. The van der Waals surface area contributed by atoms with Crippen LogP contribution in [0.2, 0.25) is 0 Å². The van der Waals surface area contributed by atoms with Crippen molar-refractivity contribution in [3.05, 3.63) is 48.6 Å². The summed E-state index contributed by atoms with van der Waals surface area (Å²) in [4.78, 5) is 0. The molecule has 0 aromatic heterocycles. The Labute approximate surface area is 190 Å². The van der Waals surface area contributed by atoms with Gasteiger partial charge in [-0.3, -0.25) is 0 Å². The second-order valence-electron chi connectivity index (χ2n) is 9.27. The summed E-state index contributed by atoms with van der Waals surface area (Å²) in [6, 6.07) is 0. The minimum Gasteiger partial charge on any atom is -0.0845 e. The number of hydrogen-bond donors (Lipinski definition) is 0. The SMILES string of the molecule is C1=CCCCCCCCCCCCCCCCCCCCCCC/C=C/C=C\C=C\1. The molecule has 0 radical (unpaired) electrons. The summed E-state index contributed by atoms with van der Waals surface area (Å²) in [6.07, 6.45) is 49.0. The molecule has 0 saturated heterocycles. The van der Waals surface area contributed by atoms with Crippen LogP contribution in [0.15, 0.2) is 48.6 Å². The summed E-state index contributed by atoms with van der Waals surface area (Å²) in [5.74, 6) is 0. The first kappa shape index (κ1) is 27.0. The van der Waals surface area contributed by atoms with Gasteiger partial charge >= 0.3 is 0 Å². The highest BCUT2D eigenvalue weighted by Gasteiger charge is 1.95. The van der Waals surface area contributed by atoms with E-state index in [4.69, 9.17) is 0 Å². The van der Waals surface area contributed by atoms with Crippen LogP contribution in [-0.4, -0.2) is 0 Å². The average Bonchev–Trinajstić information content (AvgIpc) is 2.76. The van der Waals surface area contributed by atoms with Gasteiger partial charge in [0.2, 0.25) is 0 Å². The van der Waals surface area contributed by atoms with Crippen molar-refractivity contribution < 1.29 is 0 Å². The Morgan fingerprint density at radius 2 is 0.400 bits per heavy atom. The van der Waals surface area contributed by atoms with E-state index < -0.39 is 0 Å². The van der Waals surface area contributed by atoms with Crippen LogP contribution in [0.5, 0.6) is 0 Å². The highest BCUT2D eigenvalue weighted by Crippen LogP contribution is 2.15. The normalized spacial score (nSPS) is 25.1. The van der Waals surface area contributed by atoms with Gasteiger partial charge in [-0.2, -0.15) is 0 Å². The molecule has 0 saturated carbocycles. The molecule has 0 spiro atoms. The third-order valence-electron chi connectivity index (χ3n) is 6.32. The molecule has 0 nitrogen and oxygen atoms in total. The number of rotatable bonds is 0. The van der Waals surface area contributed by atoms with Crippen molar-refractivity contribution >= 4 is 0 Å². The van der Waals surface area contributed by atoms with Crippen molar-refractivity contribution in [1.29, 1.82) is 0 Å². The van der Waals surface area contributed by atoms with Crippen LogP contribution in [0.25, 0.3) is 0 Å². The van der Waals surface area contributed by atoms with E-state index >= 15 is 0 Å². The Bertz CT molecular complexity index is 395. The zero-order valence-corrected chi connectivity index (χ0v) is 20.2. The Morgan fingerprint density at radius 1 is 0.200 bits per heavy atom. The molecule has 0 fully saturated rings. The quantitative estimate of drug-likeness (QED) is 0.371. The van der Waals surface area contributed by atoms with E-state index in [1.807, 2.05) is 0 Å². The molecule has 0 bridgehead atoms. The number of hydrogen-bond acceptors (Lipinski definition) is 0. The molecular weight excluding hydrogens is 360 g/mol.